The Hall–Kier alpha value is -3.92. The summed E-state index contributed by atoms with van der Waals surface area (Å²) in [5.74, 6) is 0.0118. The van der Waals surface area contributed by atoms with Crippen molar-refractivity contribution in [3.8, 4) is 0 Å². The van der Waals surface area contributed by atoms with Crippen molar-refractivity contribution in [2.24, 2.45) is 4.99 Å². The molecule has 184 valence electrons. The van der Waals surface area contributed by atoms with Crippen molar-refractivity contribution in [1.29, 1.82) is 0 Å². The van der Waals surface area contributed by atoms with Gasteiger partial charge in [0.25, 0.3) is 0 Å². The molecule has 3 aromatic rings. The van der Waals surface area contributed by atoms with Crippen molar-refractivity contribution in [3.63, 3.8) is 0 Å². The van der Waals surface area contributed by atoms with Crippen LogP contribution in [0.2, 0.25) is 0 Å². The molecule has 1 atom stereocenters. The predicted molar refractivity (Wildman–Crippen MR) is 149 cm³/mol. The van der Waals surface area contributed by atoms with E-state index in [-0.39, 0.29) is 11.9 Å². The number of carbonyl (C=O) groups is 1. The van der Waals surface area contributed by atoms with Gasteiger partial charge < -0.3 is 10.2 Å². The van der Waals surface area contributed by atoms with E-state index in [9.17, 15) is 4.79 Å². The lowest BCUT2D eigenvalue weighted by Crippen LogP contribution is -2.33. The number of hydrogen-bond donors (Lipinski definition) is 1. The molecular formula is C32H35N3O. The lowest BCUT2D eigenvalue weighted by Gasteiger charge is -2.33. The zero-order chi connectivity index (χ0) is 25.7. The predicted octanol–water partition coefficient (Wildman–Crippen LogP) is 6.23. The Morgan fingerprint density at radius 3 is 2.58 bits per heavy atom. The van der Waals surface area contributed by atoms with Crippen LogP contribution < -0.4 is 5.32 Å². The second-order valence-electron chi connectivity index (χ2n) is 9.51. The van der Waals surface area contributed by atoms with Crippen molar-refractivity contribution in [2.45, 2.75) is 46.2 Å². The third-order valence-corrected chi connectivity index (χ3v) is 7.04. The van der Waals surface area contributed by atoms with E-state index in [4.69, 9.17) is 0 Å². The Morgan fingerprint density at radius 2 is 1.89 bits per heavy atom. The maximum Gasteiger partial charge on any atom is 0.225 e. The maximum absolute atomic E-state index is 13.5. The maximum atomic E-state index is 13.5. The van der Waals surface area contributed by atoms with Gasteiger partial charge in [-0.3, -0.25) is 9.79 Å². The van der Waals surface area contributed by atoms with Crippen molar-refractivity contribution < 1.29 is 4.79 Å². The molecule has 1 N–H and O–H groups in total. The molecule has 1 unspecified atom stereocenters. The highest BCUT2D eigenvalue weighted by Gasteiger charge is 2.23. The topological polar surface area (TPSA) is 44.7 Å². The number of allylic oxidation sites excluding steroid dienone is 2. The van der Waals surface area contributed by atoms with Crippen LogP contribution in [-0.2, 0) is 24.2 Å². The molecule has 0 saturated carbocycles. The van der Waals surface area contributed by atoms with Gasteiger partial charge in [-0.25, -0.2) is 0 Å². The summed E-state index contributed by atoms with van der Waals surface area (Å²) < 4.78 is 0. The van der Waals surface area contributed by atoms with Crippen LogP contribution in [0.3, 0.4) is 0 Å². The molecule has 0 bridgehead atoms. The van der Waals surface area contributed by atoms with Gasteiger partial charge in [-0.05, 0) is 73.4 Å². The molecular weight excluding hydrogens is 442 g/mol. The van der Waals surface area contributed by atoms with E-state index >= 15 is 0 Å². The third-order valence-electron chi connectivity index (χ3n) is 7.04. The number of benzene rings is 3. The van der Waals surface area contributed by atoms with E-state index in [1.807, 2.05) is 31.2 Å². The minimum Gasteiger partial charge on any atom is -0.365 e. The van der Waals surface area contributed by atoms with Gasteiger partial charge in [-0.15, -0.1) is 0 Å². The van der Waals surface area contributed by atoms with Crippen LogP contribution in [-0.4, -0.2) is 24.1 Å². The zero-order valence-electron chi connectivity index (χ0n) is 21.6. The Morgan fingerprint density at radius 1 is 1.11 bits per heavy atom. The first-order valence-corrected chi connectivity index (χ1v) is 12.5. The van der Waals surface area contributed by atoms with E-state index in [1.54, 1.807) is 0 Å². The highest BCUT2D eigenvalue weighted by atomic mass is 16.1. The molecule has 4 rings (SSSR count). The zero-order valence-corrected chi connectivity index (χ0v) is 21.6. The average molecular weight is 478 g/mol. The van der Waals surface area contributed by atoms with Gasteiger partial charge >= 0.3 is 0 Å². The smallest absolute Gasteiger partial charge is 0.225 e. The molecule has 0 spiro atoms. The van der Waals surface area contributed by atoms with Crippen molar-refractivity contribution >= 4 is 12.6 Å². The molecule has 0 aliphatic carbocycles. The van der Waals surface area contributed by atoms with Gasteiger partial charge in [-0.2, -0.15) is 0 Å². The number of fused-ring (bicyclic) bond motifs is 1. The van der Waals surface area contributed by atoms with Gasteiger partial charge in [-0.1, -0.05) is 78.9 Å². The normalized spacial score (nSPS) is 14.4. The number of hydrogen-bond acceptors (Lipinski definition) is 3. The van der Waals surface area contributed by atoms with Crippen molar-refractivity contribution in [3.05, 3.63) is 130 Å². The molecule has 0 radical (unpaired) electrons. The fraction of sp³-hybridized carbons (Fsp3) is 0.250. The van der Waals surface area contributed by atoms with Crippen molar-refractivity contribution in [1.82, 2.24) is 10.2 Å². The standard InChI is InChI=1S/C32H35N3O/c1-6-30(24(4)33-5)35-18-17-25-13-10-14-27(29(25)21-35)20-31(36)34-32(26-11-8-7-9-12-26)28-16-15-22(2)19-23(28)3/h6-16,19,32H,1,5,17-18,20-21H2,2-4H3,(H,34,36)/b30-24+. The summed E-state index contributed by atoms with van der Waals surface area (Å²) in [7, 11) is 0. The van der Waals surface area contributed by atoms with E-state index in [0.29, 0.717) is 6.42 Å². The SMILES string of the molecule is C=C/C(=C(/C)N=C)N1CCc2cccc(CC(=O)NC(c3ccccc3)c3ccc(C)cc3C)c2C1. The third kappa shape index (κ3) is 5.49. The van der Waals surface area contributed by atoms with Gasteiger partial charge in [0.1, 0.15) is 0 Å². The molecule has 36 heavy (non-hydrogen) atoms. The minimum atomic E-state index is -0.202. The molecule has 1 aliphatic heterocycles. The van der Waals surface area contributed by atoms with E-state index < -0.39 is 0 Å². The summed E-state index contributed by atoms with van der Waals surface area (Å²) in [5, 5.41) is 3.34. The number of aryl methyl sites for hydroxylation is 2. The van der Waals surface area contributed by atoms with Crippen LogP contribution in [0.25, 0.3) is 0 Å². The van der Waals surface area contributed by atoms with Gasteiger partial charge in [0.2, 0.25) is 5.91 Å². The molecule has 1 amide bonds. The van der Waals surface area contributed by atoms with E-state index in [2.05, 4.69) is 90.9 Å². The molecule has 0 saturated heterocycles. The molecule has 0 fully saturated rings. The number of nitrogens with one attached hydrogen (secondary N) is 1. The molecule has 1 aliphatic rings. The van der Waals surface area contributed by atoms with E-state index in [0.717, 1.165) is 47.6 Å². The first-order valence-electron chi connectivity index (χ1n) is 12.5. The van der Waals surface area contributed by atoms with Crippen LogP contribution in [0.1, 0.15) is 51.9 Å². The lowest BCUT2D eigenvalue weighted by molar-refractivity contribution is -0.120. The summed E-state index contributed by atoms with van der Waals surface area (Å²) in [6, 6.07) is 22.7. The number of nitrogens with zero attached hydrogens (tertiary/aromatic N) is 2. The summed E-state index contributed by atoms with van der Waals surface area (Å²) in [6.45, 7) is 15.4. The minimum absolute atomic E-state index is 0.0118. The number of aliphatic imine (C=N–C) groups is 1. The summed E-state index contributed by atoms with van der Waals surface area (Å²) >= 11 is 0. The Bertz CT molecular complexity index is 1310. The second kappa shape index (κ2) is 11.2. The lowest BCUT2D eigenvalue weighted by atomic mass is 9.91. The second-order valence-corrected chi connectivity index (χ2v) is 9.51. The van der Waals surface area contributed by atoms with Gasteiger partial charge in [0.05, 0.1) is 23.9 Å². The van der Waals surface area contributed by atoms with Crippen LogP contribution >= 0.6 is 0 Å². The monoisotopic (exact) mass is 477 g/mol. The molecule has 4 heteroatoms. The average Bonchev–Trinajstić information content (AvgIpc) is 2.89. The largest absolute Gasteiger partial charge is 0.365 e. The van der Waals surface area contributed by atoms with Crippen LogP contribution in [0.5, 0.6) is 0 Å². The van der Waals surface area contributed by atoms with Gasteiger partial charge in [0, 0.05) is 13.1 Å². The van der Waals surface area contributed by atoms with E-state index in [1.165, 1.54) is 22.3 Å². The first kappa shape index (κ1) is 25.2. The quantitative estimate of drug-likeness (QED) is 0.309. The van der Waals surface area contributed by atoms with Gasteiger partial charge in [0.15, 0.2) is 0 Å². The van der Waals surface area contributed by atoms with Crippen LogP contribution in [0, 0.1) is 13.8 Å². The molecule has 0 aromatic heterocycles. The fourth-order valence-electron chi connectivity index (χ4n) is 5.13. The summed E-state index contributed by atoms with van der Waals surface area (Å²) in [6.07, 6.45) is 3.09. The summed E-state index contributed by atoms with van der Waals surface area (Å²) in [5.41, 5.74) is 10.0. The van der Waals surface area contributed by atoms with Crippen molar-refractivity contribution in [2.75, 3.05) is 6.54 Å². The molecule has 1 heterocycles. The fourth-order valence-corrected chi connectivity index (χ4v) is 5.13. The highest BCUT2D eigenvalue weighted by molar-refractivity contribution is 5.80. The van der Waals surface area contributed by atoms with Crippen LogP contribution in [0.4, 0.5) is 0 Å². The number of rotatable bonds is 8. The Labute approximate surface area is 215 Å². The first-order chi connectivity index (χ1) is 17.4. The number of amides is 1. The Kier molecular flexibility index (Phi) is 7.84. The molecule has 3 aromatic carbocycles. The number of carbonyl (C=O) groups excluding carboxylic acids is 1. The molecule has 4 nitrogen and oxygen atoms in total. The van der Waals surface area contributed by atoms with Crippen LogP contribution in [0.15, 0.2) is 95.8 Å². The highest BCUT2D eigenvalue weighted by Crippen LogP contribution is 2.29. The Balaban J connectivity index is 1.60. The summed E-state index contributed by atoms with van der Waals surface area (Å²) in [4.78, 5) is 19.9.